The summed E-state index contributed by atoms with van der Waals surface area (Å²) in [5.41, 5.74) is 5.94. The Morgan fingerprint density at radius 2 is 2.00 bits per heavy atom. The normalized spacial score (nSPS) is 11.0. The van der Waals surface area contributed by atoms with E-state index in [0.717, 1.165) is 22.1 Å². The lowest BCUT2D eigenvalue weighted by Gasteiger charge is -2.08. The van der Waals surface area contributed by atoms with Crippen LogP contribution in [0.4, 0.5) is 0 Å². The molecule has 0 N–H and O–H groups in total. The van der Waals surface area contributed by atoms with Crippen LogP contribution in [-0.4, -0.2) is 9.55 Å². The van der Waals surface area contributed by atoms with Crippen molar-refractivity contribution >= 4 is 27.0 Å². The highest BCUT2D eigenvalue weighted by molar-refractivity contribution is 9.08. The summed E-state index contributed by atoms with van der Waals surface area (Å²) in [6.07, 6.45) is 1.88. The number of fused-ring (bicyclic) bond motifs is 1. The maximum atomic E-state index is 4.42. The number of imidazole rings is 1. The Morgan fingerprint density at radius 1 is 1.17 bits per heavy atom. The summed E-state index contributed by atoms with van der Waals surface area (Å²) in [6.45, 7) is 2.14. The summed E-state index contributed by atoms with van der Waals surface area (Å²) in [4.78, 5) is 4.42. The summed E-state index contributed by atoms with van der Waals surface area (Å²) < 4.78 is 2.13. The highest BCUT2D eigenvalue weighted by Crippen LogP contribution is 2.21. The van der Waals surface area contributed by atoms with E-state index in [-0.39, 0.29) is 0 Å². The van der Waals surface area contributed by atoms with Crippen LogP contribution in [0.25, 0.3) is 16.7 Å². The van der Waals surface area contributed by atoms with E-state index in [2.05, 4.69) is 56.7 Å². The van der Waals surface area contributed by atoms with Crippen LogP contribution in [-0.2, 0) is 5.33 Å². The molecule has 2 aromatic carbocycles. The second-order valence-corrected chi connectivity index (χ2v) is 4.91. The van der Waals surface area contributed by atoms with Crippen molar-refractivity contribution in [1.82, 2.24) is 9.55 Å². The lowest BCUT2D eigenvalue weighted by Crippen LogP contribution is -1.94. The maximum absolute atomic E-state index is 4.42. The summed E-state index contributed by atoms with van der Waals surface area (Å²) in [5, 5.41) is 0.893. The molecule has 0 saturated heterocycles. The third-order valence-corrected chi connectivity index (χ3v) is 3.81. The number of benzene rings is 2. The Bertz CT molecular complexity index is 701. The number of hydrogen-bond acceptors (Lipinski definition) is 1. The van der Waals surface area contributed by atoms with Gasteiger partial charge in [0.05, 0.1) is 11.0 Å². The van der Waals surface area contributed by atoms with E-state index in [1.54, 1.807) is 0 Å². The van der Waals surface area contributed by atoms with Crippen LogP contribution in [0.3, 0.4) is 0 Å². The van der Waals surface area contributed by atoms with Crippen molar-refractivity contribution in [1.29, 1.82) is 0 Å². The molecule has 0 aliphatic rings. The van der Waals surface area contributed by atoms with Gasteiger partial charge < -0.3 is 0 Å². The van der Waals surface area contributed by atoms with Gasteiger partial charge in [-0.25, -0.2) is 4.98 Å². The van der Waals surface area contributed by atoms with Gasteiger partial charge in [0.1, 0.15) is 6.33 Å². The van der Waals surface area contributed by atoms with Crippen LogP contribution in [0.15, 0.2) is 48.8 Å². The van der Waals surface area contributed by atoms with Gasteiger partial charge in [-0.05, 0) is 42.3 Å². The minimum absolute atomic E-state index is 0.893. The largest absolute Gasteiger partial charge is 0.299 e. The van der Waals surface area contributed by atoms with Crippen molar-refractivity contribution in [2.45, 2.75) is 12.3 Å². The van der Waals surface area contributed by atoms with Crippen LogP contribution >= 0.6 is 15.9 Å². The molecular weight excluding hydrogens is 288 g/mol. The first-order valence-corrected chi connectivity index (χ1v) is 6.99. The van der Waals surface area contributed by atoms with Gasteiger partial charge in [-0.15, -0.1) is 0 Å². The molecule has 18 heavy (non-hydrogen) atoms. The van der Waals surface area contributed by atoms with Crippen molar-refractivity contribution < 1.29 is 0 Å². The highest BCUT2D eigenvalue weighted by Gasteiger charge is 2.05. The Balaban J connectivity index is 2.17. The number of aromatic nitrogens is 2. The van der Waals surface area contributed by atoms with Crippen molar-refractivity contribution in [2.75, 3.05) is 0 Å². The van der Waals surface area contributed by atoms with Gasteiger partial charge >= 0.3 is 0 Å². The zero-order valence-corrected chi connectivity index (χ0v) is 11.7. The predicted octanol–water partition coefficient (Wildman–Crippen LogP) is 4.23. The van der Waals surface area contributed by atoms with E-state index < -0.39 is 0 Å². The molecule has 0 saturated carbocycles. The fourth-order valence-electron chi connectivity index (χ4n) is 2.14. The molecule has 0 unspecified atom stereocenters. The molecule has 1 heterocycles. The number of halogens is 1. The third-order valence-electron chi connectivity index (χ3n) is 3.20. The van der Waals surface area contributed by atoms with E-state index in [0.29, 0.717) is 0 Å². The lowest BCUT2D eigenvalue weighted by atomic mass is 10.1. The van der Waals surface area contributed by atoms with Crippen LogP contribution < -0.4 is 0 Å². The average Bonchev–Trinajstić information content (AvgIpc) is 2.82. The molecular formula is C15H13BrN2. The maximum Gasteiger partial charge on any atom is 0.100 e. The second-order valence-electron chi connectivity index (χ2n) is 4.35. The number of aryl methyl sites for hydroxylation is 1. The second kappa shape index (κ2) is 4.58. The number of nitrogens with zero attached hydrogens (tertiary/aromatic N) is 2. The summed E-state index contributed by atoms with van der Waals surface area (Å²) in [7, 11) is 0. The van der Waals surface area contributed by atoms with Crippen molar-refractivity contribution in [3.8, 4) is 5.69 Å². The summed E-state index contributed by atoms with van der Waals surface area (Å²) >= 11 is 3.50. The highest BCUT2D eigenvalue weighted by atomic mass is 79.9. The van der Waals surface area contributed by atoms with Crippen LogP contribution in [0, 0.1) is 6.92 Å². The number of rotatable bonds is 2. The summed E-state index contributed by atoms with van der Waals surface area (Å²) in [5.74, 6) is 0. The molecule has 3 rings (SSSR count). The Hall–Kier alpha value is -1.61. The molecule has 0 bridgehead atoms. The third kappa shape index (κ3) is 1.85. The van der Waals surface area contributed by atoms with E-state index in [1.807, 2.05) is 24.5 Å². The van der Waals surface area contributed by atoms with Crippen molar-refractivity contribution in [3.05, 3.63) is 59.9 Å². The van der Waals surface area contributed by atoms with Gasteiger partial charge in [0, 0.05) is 11.0 Å². The lowest BCUT2D eigenvalue weighted by molar-refractivity contribution is 1.08. The average molecular weight is 301 g/mol. The molecule has 0 spiro atoms. The monoisotopic (exact) mass is 300 g/mol. The minimum atomic E-state index is 0.893. The smallest absolute Gasteiger partial charge is 0.100 e. The first-order valence-electron chi connectivity index (χ1n) is 5.87. The van der Waals surface area contributed by atoms with Crippen LogP contribution in [0.5, 0.6) is 0 Å². The minimum Gasteiger partial charge on any atom is -0.299 e. The van der Waals surface area contributed by atoms with E-state index in [4.69, 9.17) is 0 Å². The van der Waals surface area contributed by atoms with Crippen LogP contribution in [0.2, 0.25) is 0 Å². The molecule has 90 valence electrons. The van der Waals surface area contributed by atoms with Gasteiger partial charge in [-0.1, -0.05) is 34.1 Å². The topological polar surface area (TPSA) is 17.8 Å². The zero-order valence-electron chi connectivity index (χ0n) is 10.1. The molecule has 2 nitrogen and oxygen atoms in total. The Morgan fingerprint density at radius 3 is 2.78 bits per heavy atom. The molecule has 0 atom stereocenters. The number of para-hydroxylation sites is 2. The Kier molecular flexibility index (Phi) is 2.92. The van der Waals surface area contributed by atoms with Crippen molar-refractivity contribution in [2.24, 2.45) is 0 Å². The van der Waals surface area contributed by atoms with Crippen molar-refractivity contribution in [3.63, 3.8) is 0 Å². The summed E-state index contributed by atoms with van der Waals surface area (Å²) in [6, 6.07) is 14.7. The first kappa shape index (κ1) is 11.5. The molecule has 1 aromatic heterocycles. The van der Waals surface area contributed by atoms with Crippen LogP contribution in [0.1, 0.15) is 11.1 Å². The molecule has 0 fully saturated rings. The number of alkyl halides is 1. The molecule has 0 amide bonds. The predicted molar refractivity (Wildman–Crippen MR) is 78.4 cm³/mol. The molecule has 3 heteroatoms. The van der Waals surface area contributed by atoms with E-state index >= 15 is 0 Å². The molecule has 0 radical (unpaired) electrons. The molecule has 0 aliphatic carbocycles. The Labute approximate surface area is 114 Å². The van der Waals surface area contributed by atoms with Gasteiger partial charge in [0.25, 0.3) is 0 Å². The van der Waals surface area contributed by atoms with Gasteiger partial charge in [-0.2, -0.15) is 0 Å². The van der Waals surface area contributed by atoms with Gasteiger partial charge in [-0.3, -0.25) is 4.57 Å². The molecule has 3 aromatic rings. The molecule has 0 aliphatic heterocycles. The number of hydrogen-bond donors (Lipinski definition) is 0. The fraction of sp³-hybridized carbons (Fsp3) is 0.133. The van der Waals surface area contributed by atoms with E-state index in [9.17, 15) is 0 Å². The first-order chi connectivity index (χ1) is 8.79. The van der Waals surface area contributed by atoms with Gasteiger partial charge in [0.15, 0.2) is 0 Å². The zero-order chi connectivity index (χ0) is 12.5. The quantitative estimate of drug-likeness (QED) is 0.648. The van der Waals surface area contributed by atoms with Gasteiger partial charge in [0.2, 0.25) is 0 Å². The SMILES string of the molecule is Cc1cc(-n2cnc3ccccc32)ccc1CBr. The van der Waals surface area contributed by atoms with E-state index in [1.165, 1.54) is 11.1 Å². The fourth-order valence-corrected chi connectivity index (χ4v) is 2.77. The standard InChI is InChI=1S/C15H13BrN2/c1-11-8-13(7-6-12(11)9-16)18-10-17-14-4-2-3-5-15(14)18/h2-8,10H,9H2,1H3.